The molecule has 1 aromatic rings. The summed E-state index contributed by atoms with van der Waals surface area (Å²) in [5.74, 6) is -1.29. The summed E-state index contributed by atoms with van der Waals surface area (Å²) in [6, 6.07) is 6.67. The van der Waals surface area contributed by atoms with Crippen LogP contribution in [0.15, 0.2) is 35.9 Å². The molecule has 0 unspecified atom stereocenters. The van der Waals surface area contributed by atoms with E-state index in [9.17, 15) is 9.59 Å². The van der Waals surface area contributed by atoms with Crippen molar-refractivity contribution >= 4 is 29.2 Å². The Morgan fingerprint density at radius 2 is 1.94 bits per heavy atom. The molecule has 0 aromatic heterocycles. The van der Waals surface area contributed by atoms with Gasteiger partial charge in [-0.2, -0.15) is 0 Å². The summed E-state index contributed by atoms with van der Waals surface area (Å²) < 4.78 is 0. The molecule has 5 heteroatoms. The normalized spacial score (nSPS) is 11.1. The minimum Gasteiger partial charge on any atom is -0.478 e. The van der Waals surface area contributed by atoms with Crippen molar-refractivity contribution in [2.24, 2.45) is 0 Å². The van der Waals surface area contributed by atoms with Gasteiger partial charge >= 0.3 is 5.97 Å². The molecule has 0 aliphatic heterocycles. The highest BCUT2D eigenvalue weighted by Crippen LogP contribution is 2.13. The Hall–Kier alpha value is -1.81. The van der Waals surface area contributed by atoms with E-state index in [0.717, 1.165) is 0 Å². The molecule has 0 aliphatic carbocycles. The number of hydrogen-bond acceptors (Lipinski definition) is 2. The average molecular weight is 254 g/mol. The van der Waals surface area contributed by atoms with Crippen molar-refractivity contribution in [3.05, 3.63) is 40.9 Å². The Bertz CT molecular complexity index is 451. The molecule has 0 atom stereocenters. The van der Waals surface area contributed by atoms with Crippen LogP contribution in [0.5, 0.6) is 0 Å². The number of halogens is 1. The van der Waals surface area contributed by atoms with Crippen LogP contribution < -0.4 is 5.32 Å². The predicted molar refractivity (Wildman–Crippen MR) is 66.1 cm³/mol. The summed E-state index contributed by atoms with van der Waals surface area (Å²) in [4.78, 5) is 21.9. The molecule has 0 bridgehead atoms. The molecule has 0 heterocycles. The molecule has 4 nitrogen and oxygen atoms in total. The summed E-state index contributed by atoms with van der Waals surface area (Å²) >= 11 is 5.70. The van der Waals surface area contributed by atoms with E-state index >= 15 is 0 Å². The lowest BCUT2D eigenvalue weighted by atomic mass is 10.2. The molecule has 0 saturated carbocycles. The second kappa shape index (κ2) is 6.06. The smallest absolute Gasteiger partial charge is 0.330 e. The summed E-state index contributed by atoms with van der Waals surface area (Å²) in [6.07, 6.45) is 1.40. The van der Waals surface area contributed by atoms with E-state index < -0.39 is 5.97 Å². The number of carbonyl (C=O) groups excluding carboxylic acids is 1. The van der Waals surface area contributed by atoms with E-state index in [1.807, 2.05) is 0 Å². The van der Waals surface area contributed by atoms with Crippen LogP contribution in [0.3, 0.4) is 0 Å². The van der Waals surface area contributed by atoms with Crippen LogP contribution in [-0.4, -0.2) is 17.0 Å². The van der Waals surface area contributed by atoms with E-state index in [2.05, 4.69) is 5.32 Å². The molecule has 0 fully saturated rings. The fourth-order valence-corrected chi connectivity index (χ4v) is 1.20. The fraction of sp³-hybridized carbons (Fsp3) is 0.167. The minimum absolute atomic E-state index is 0.0285. The maximum atomic E-state index is 11.4. The Morgan fingerprint density at radius 1 is 1.35 bits per heavy atom. The van der Waals surface area contributed by atoms with E-state index in [0.29, 0.717) is 10.7 Å². The lowest BCUT2D eigenvalue weighted by Crippen LogP contribution is -2.10. The SMILES string of the molecule is C/C(=C\CC(=O)Nc1ccc(Cl)cc1)C(=O)O. The van der Waals surface area contributed by atoms with Crippen LogP contribution in [0.2, 0.25) is 5.02 Å². The van der Waals surface area contributed by atoms with Crippen molar-refractivity contribution < 1.29 is 14.7 Å². The first-order valence-corrected chi connectivity index (χ1v) is 5.32. The van der Waals surface area contributed by atoms with Gasteiger partial charge in [0.2, 0.25) is 5.91 Å². The highest BCUT2D eigenvalue weighted by Gasteiger charge is 2.03. The first-order chi connectivity index (χ1) is 7.99. The largest absolute Gasteiger partial charge is 0.478 e. The second-order valence-electron chi connectivity index (χ2n) is 3.45. The molecular formula is C12H12ClNO3. The molecule has 1 rings (SSSR count). The number of aliphatic carboxylic acids is 1. The Morgan fingerprint density at radius 3 is 2.47 bits per heavy atom. The Kier molecular flexibility index (Phi) is 4.72. The lowest BCUT2D eigenvalue weighted by Gasteiger charge is -2.03. The van der Waals surface area contributed by atoms with Gasteiger partial charge in [0, 0.05) is 22.7 Å². The maximum Gasteiger partial charge on any atom is 0.330 e. The zero-order valence-electron chi connectivity index (χ0n) is 9.24. The molecular weight excluding hydrogens is 242 g/mol. The van der Waals surface area contributed by atoms with Gasteiger partial charge in [-0.25, -0.2) is 4.79 Å². The van der Waals surface area contributed by atoms with Gasteiger partial charge in [-0.1, -0.05) is 17.7 Å². The highest BCUT2D eigenvalue weighted by molar-refractivity contribution is 6.30. The Balaban J connectivity index is 2.53. The number of carbonyl (C=O) groups is 2. The third-order valence-electron chi connectivity index (χ3n) is 2.06. The number of carboxylic acid groups (broad SMARTS) is 1. The van der Waals surface area contributed by atoms with Crippen molar-refractivity contribution in [2.75, 3.05) is 5.32 Å². The van der Waals surface area contributed by atoms with Crippen molar-refractivity contribution in [2.45, 2.75) is 13.3 Å². The van der Waals surface area contributed by atoms with Gasteiger partial charge in [0.1, 0.15) is 0 Å². The van der Waals surface area contributed by atoms with Crippen molar-refractivity contribution in [3.8, 4) is 0 Å². The van der Waals surface area contributed by atoms with Gasteiger partial charge in [-0.3, -0.25) is 4.79 Å². The van der Waals surface area contributed by atoms with Gasteiger partial charge in [0.25, 0.3) is 0 Å². The van der Waals surface area contributed by atoms with Crippen molar-refractivity contribution in [1.29, 1.82) is 0 Å². The summed E-state index contributed by atoms with van der Waals surface area (Å²) in [7, 11) is 0. The van der Waals surface area contributed by atoms with Gasteiger partial charge in [0.05, 0.1) is 0 Å². The lowest BCUT2D eigenvalue weighted by molar-refractivity contribution is -0.132. The minimum atomic E-state index is -1.02. The molecule has 0 aliphatic rings. The van der Waals surface area contributed by atoms with Crippen LogP contribution in [0.1, 0.15) is 13.3 Å². The topological polar surface area (TPSA) is 66.4 Å². The molecule has 0 saturated heterocycles. The molecule has 90 valence electrons. The molecule has 2 N–H and O–H groups in total. The number of carboxylic acids is 1. The highest BCUT2D eigenvalue weighted by atomic mass is 35.5. The van der Waals surface area contributed by atoms with E-state index in [-0.39, 0.29) is 17.9 Å². The fourth-order valence-electron chi connectivity index (χ4n) is 1.08. The van der Waals surface area contributed by atoms with Crippen LogP contribution in [0.25, 0.3) is 0 Å². The van der Waals surface area contributed by atoms with Crippen LogP contribution in [0.4, 0.5) is 5.69 Å². The van der Waals surface area contributed by atoms with Gasteiger partial charge in [-0.15, -0.1) is 0 Å². The van der Waals surface area contributed by atoms with Crippen molar-refractivity contribution in [3.63, 3.8) is 0 Å². The number of rotatable bonds is 4. The Labute approximate surface area is 104 Å². The molecule has 0 radical (unpaired) electrons. The zero-order valence-corrected chi connectivity index (χ0v) is 9.99. The number of nitrogens with one attached hydrogen (secondary N) is 1. The third-order valence-corrected chi connectivity index (χ3v) is 2.31. The number of hydrogen-bond donors (Lipinski definition) is 2. The zero-order chi connectivity index (χ0) is 12.8. The van der Waals surface area contributed by atoms with Gasteiger partial charge in [-0.05, 0) is 31.2 Å². The molecule has 17 heavy (non-hydrogen) atoms. The van der Waals surface area contributed by atoms with Crippen LogP contribution in [-0.2, 0) is 9.59 Å². The molecule has 1 amide bonds. The van der Waals surface area contributed by atoms with Gasteiger partial charge in [0.15, 0.2) is 0 Å². The van der Waals surface area contributed by atoms with E-state index in [1.54, 1.807) is 24.3 Å². The summed E-state index contributed by atoms with van der Waals surface area (Å²) in [5.41, 5.74) is 0.775. The van der Waals surface area contributed by atoms with Crippen LogP contribution >= 0.6 is 11.6 Å². The number of amides is 1. The number of anilines is 1. The first kappa shape index (κ1) is 13.3. The quantitative estimate of drug-likeness (QED) is 0.811. The standard InChI is InChI=1S/C12H12ClNO3/c1-8(12(16)17)2-7-11(15)14-10-5-3-9(13)4-6-10/h2-6H,7H2,1H3,(H,14,15)(H,16,17)/b8-2+. The van der Waals surface area contributed by atoms with E-state index in [1.165, 1.54) is 13.0 Å². The molecule has 1 aromatic carbocycles. The van der Waals surface area contributed by atoms with E-state index in [4.69, 9.17) is 16.7 Å². The predicted octanol–water partition coefficient (Wildman–Crippen LogP) is 2.70. The van der Waals surface area contributed by atoms with Crippen LogP contribution in [0, 0.1) is 0 Å². The monoisotopic (exact) mass is 253 g/mol. The second-order valence-corrected chi connectivity index (χ2v) is 3.89. The summed E-state index contributed by atoms with van der Waals surface area (Å²) in [6.45, 7) is 1.44. The maximum absolute atomic E-state index is 11.4. The summed E-state index contributed by atoms with van der Waals surface area (Å²) in [5, 5.41) is 11.8. The first-order valence-electron chi connectivity index (χ1n) is 4.94. The average Bonchev–Trinajstić information content (AvgIpc) is 2.29. The van der Waals surface area contributed by atoms with Crippen molar-refractivity contribution in [1.82, 2.24) is 0 Å². The number of benzene rings is 1. The molecule has 0 spiro atoms. The van der Waals surface area contributed by atoms with Gasteiger partial charge < -0.3 is 10.4 Å². The third kappa shape index (κ3) is 4.70.